The molecule has 1 aromatic rings. The molecule has 0 amide bonds. The molecule has 1 aliphatic rings. The van der Waals surface area contributed by atoms with Crippen molar-refractivity contribution in [1.82, 2.24) is 10.2 Å². The van der Waals surface area contributed by atoms with Crippen molar-refractivity contribution in [3.63, 3.8) is 0 Å². The molecule has 0 radical (unpaired) electrons. The largest absolute Gasteiger partial charge is 0.378 e. The molecule has 1 aromatic heterocycles. The van der Waals surface area contributed by atoms with Gasteiger partial charge >= 0.3 is 0 Å². The maximum absolute atomic E-state index is 5.82. The van der Waals surface area contributed by atoms with Crippen LogP contribution in [0, 0.1) is 0 Å². The molecule has 1 fully saturated rings. The van der Waals surface area contributed by atoms with Gasteiger partial charge in [-0.25, -0.2) is 0 Å². The molecule has 5 heteroatoms. The minimum Gasteiger partial charge on any atom is -0.378 e. The summed E-state index contributed by atoms with van der Waals surface area (Å²) in [6.45, 7) is 3.02. The Labute approximate surface area is 100 Å². The Balaban J connectivity index is 1.91. The van der Waals surface area contributed by atoms with Crippen LogP contribution in [0.2, 0.25) is 0 Å². The predicted octanol–water partition coefficient (Wildman–Crippen LogP) is 2.57. The number of aromatic nitrogens is 2. The lowest BCUT2D eigenvalue weighted by atomic mass is 9.87. The highest BCUT2D eigenvalue weighted by Crippen LogP contribution is 2.35. The topological polar surface area (TPSA) is 61.0 Å². The van der Waals surface area contributed by atoms with Gasteiger partial charge in [-0.15, -0.1) is 10.2 Å². The average Bonchev–Trinajstić information content (AvgIpc) is 2.74. The Morgan fingerprint density at radius 2 is 2.31 bits per heavy atom. The lowest BCUT2D eigenvalue weighted by Gasteiger charge is -2.27. The molecule has 1 saturated carbocycles. The first-order chi connectivity index (χ1) is 7.79. The van der Waals surface area contributed by atoms with Gasteiger partial charge in [0.05, 0.1) is 6.10 Å². The van der Waals surface area contributed by atoms with Gasteiger partial charge in [-0.1, -0.05) is 24.7 Å². The van der Waals surface area contributed by atoms with E-state index < -0.39 is 0 Å². The Bertz CT molecular complexity index is 329. The molecule has 1 heterocycles. The molecule has 2 N–H and O–H groups in total. The second-order valence-electron chi connectivity index (χ2n) is 4.33. The Kier molecular flexibility index (Phi) is 4.12. The van der Waals surface area contributed by atoms with Gasteiger partial charge in [0.1, 0.15) is 5.01 Å². The van der Waals surface area contributed by atoms with Crippen molar-refractivity contribution in [3.8, 4) is 0 Å². The van der Waals surface area contributed by atoms with Crippen LogP contribution < -0.4 is 5.73 Å². The lowest BCUT2D eigenvalue weighted by Crippen LogP contribution is -2.22. The fraction of sp³-hybridized carbons (Fsp3) is 0.818. The number of anilines is 1. The van der Waals surface area contributed by atoms with E-state index >= 15 is 0 Å². The summed E-state index contributed by atoms with van der Waals surface area (Å²) in [6.07, 6.45) is 6.18. The van der Waals surface area contributed by atoms with Crippen LogP contribution in [-0.4, -0.2) is 22.9 Å². The van der Waals surface area contributed by atoms with Crippen molar-refractivity contribution >= 4 is 16.5 Å². The molecular formula is C11H19N3OS. The predicted molar refractivity (Wildman–Crippen MR) is 65.6 cm³/mol. The maximum atomic E-state index is 5.82. The average molecular weight is 241 g/mol. The van der Waals surface area contributed by atoms with Crippen LogP contribution in [0.1, 0.15) is 50.0 Å². The number of hydrogen-bond acceptors (Lipinski definition) is 5. The van der Waals surface area contributed by atoms with Crippen molar-refractivity contribution in [2.24, 2.45) is 0 Å². The summed E-state index contributed by atoms with van der Waals surface area (Å²) in [5, 5.41) is 9.69. The van der Waals surface area contributed by atoms with E-state index in [9.17, 15) is 0 Å². The van der Waals surface area contributed by atoms with Crippen molar-refractivity contribution in [3.05, 3.63) is 5.01 Å². The van der Waals surface area contributed by atoms with Crippen molar-refractivity contribution in [2.75, 3.05) is 12.3 Å². The van der Waals surface area contributed by atoms with Gasteiger partial charge in [0.2, 0.25) is 5.13 Å². The van der Waals surface area contributed by atoms with Crippen LogP contribution in [0.4, 0.5) is 5.13 Å². The Morgan fingerprint density at radius 3 is 3.00 bits per heavy atom. The minimum atomic E-state index is 0.406. The van der Waals surface area contributed by atoms with E-state index in [0.29, 0.717) is 17.2 Å². The number of rotatable bonds is 4. The van der Waals surface area contributed by atoms with Crippen molar-refractivity contribution in [2.45, 2.75) is 51.0 Å². The second-order valence-corrected chi connectivity index (χ2v) is 5.38. The van der Waals surface area contributed by atoms with E-state index in [2.05, 4.69) is 17.1 Å². The molecule has 4 nitrogen and oxygen atoms in total. The zero-order chi connectivity index (χ0) is 11.4. The van der Waals surface area contributed by atoms with E-state index in [-0.39, 0.29) is 0 Å². The zero-order valence-electron chi connectivity index (χ0n) is 9.69. The first-order valence-corrected chi connectivity index (χ1v) is 6.81. The van der Waals surface area contributed by atoms with Crippen molar-refractivity contribution < 1.29 is 4.74 Å². The molecule has 0 spiro atoms. The van der Waals surface area contributed by atoms with Gasteiger partial charge in [-0.2, -0.15) is 0 Å². The highest BCUT2D eigenvalue weighted by molar-refractivity contribution is 7.15. The van der Waals surface area contributed by atoms with E-state index in [0.717, 1.165) is 24.5 Å². The van der Waals surface area contributed by atoms with Gasteiger partial charge in [0.25, 0.3) is 0 Å². The molecule has 2 unspecified atom stereocenters. The van der Waals surface area contributed by atoms with E-state index in [1.165, 1.54) is 30.6 Å². The molecule has 1 aliphatic carbocycles. The Hall–Kier alpha value is -0.680. The normalized spacial score (nSPS) is 25.8. The lowest BCUT2D eigenvalue weighted by molar-refractivity contribution is 0.0231. The van der Waals surface area contributed by atoms with E-state index in [1.54, 1.807) is 0 Å². The molecule has 0 aliphatic heterocycles. The van der Waals surface area contributed by atoms with Crippen LogP contribution in [-0.2, 0) is 4.74 Å². The van der Waals surface area contributed by atoms with Crippen LogP contribution in [0.15, 0.2) is 0 Å². The van der Waals surface area contributed by atoms with Gasteiger partial charge in [-0.05, 0) is 25.7 Å². The molecule has 0 aromatic carbocycles. The van der Waals surface area contributed by atoms with Crippen LogP contribution in [0.3, 0.4) is 0 Å². The first kappa shape index (κ1) is 11.8. The second kappa shape index (κ2) is 5.59. The SMILES string of the molecule is CCCOC1CCCC(c2nnc(N)s2)C1. The summed E-state index contributed by atoms with van der Waals surface area (Å²) in [4.78, 5) is 0. The van der Waals surface area contributed by atoms with Crippen molar-refractivity contribution in [1.29, 1.82) is 0 Å². The number of nitrogens with two attached hydrogens (primary N) is 1. The number of hydrogen-bond donors (Lipinski definition) is 1. The fourth-order valence-electron chi connectivity index (χ4n) is 2.22. The van der Waals surface area contributed by atoms with Gasteiger partial charge in [-0.3, -0.25) is 0 Å². The maximum Gasteiger partial charge on any atom is 0.203 e. The van der Waals surface area contributed by atoms with Gasteiger partial charge in [0, 0.05) is 12.5 Å². The third kappa shape index (κ3) is 2.92. The summed E-state index contributed by atoms with van der Waals surface area (Å²) in [5.41, 5.74) is 5.61. The van der Waals surface area contributed by atoms with E-state index in [1.807, 2.05) is 0 Å². The van der Waals surface area contributed by atoms with Crippen LogP contribution in [0.25, 0.3) is 0 Å². The highest BCUT2D eigenvalue weighted by atomic mass is 32.1. The zero-order valence-corrected chi connectivity index (χ0v) is 10.5. The molecule has 16 heavy (non-hydrogen) atoms. The van der Waals surface area contributed by atoms with E-state index in [4.69, 9.17) is 10.5 Å². The summed E-state index contributed by atoms with van der Waals surface area (Å²) in [5.74, 6) is 0.505. The van der Waals surface area contributed by atoms with Crippen LogP contribution >= 0.6 is 11.3 Å². The molecule has 90 valence electrons. The number of nitrogen functional groups attached to an aromatic ring is 1. The fourth-order valence-corrected chi connectivity index (χ4v) is 2.97. The molecule has 2 atom stereocenters. The van der Waals surface area contributed by atoms with Gasteiger partial charge < -0.3 is 10.5 Å². The minimum absolute atomic E-state index is 0.406. The summed E-state index contributed by atoms with van der Waals surface area (Å²) < 4.78 is 5.82. The first-order valence-electron chi connectivity index (χ1n) is 6.00. The number of ether oxygens (including phenoxy) is 1. The highest BCUT2D eigenvalue weighted by Gasteiger charge is 2.26. The third-order valence-corrected chi connectivity index (χ3v) is 3.90. The quantitative estimate of drug-likeness (QED) is 0.880. The molecular weight excluding hydrogens is 222 g/mol. The van der Waals surface area contributed by atoms with Crippen LogP contribution in [0.5, 0.6) is 0 Å². The molecule has 2 rings (SSSR count). The summed E-state index contributed by atoms with van der Waals surface area (Å²) >= 11 is 1.52. The third-order valence-electron chi connectivity index (χ3n) is 2.99. The summed E-state index contributed by atoms with van der Waals surface area (Å²) in [6, 6.07) is 0. The summed E-state index contributed by atoms with van der Waals surface area (Å²) in [7, 11) is 0. The molecule has 0 saturated heterocycles. The Morgan fingerprint density at radius 1 is 1.44 bits per heavy atom. The monoisotopic (exact) mass is 241 g/mol. The number of nitrogens with zero attached hydrogens (tertiary/aromatic N) is 2. The van der Waals surface area contributed by atoms with Gasteiger partial charge in [0.15, 0.2) is 0 Å². The molecule has 0 bridgehead atoms. The smallest absolute Gasteiger partial charge is 0.203 e. The standard InChI is InChI=1S/C11H19N3OS/c1-2-6-15-9-5-3-4-8(7-9)10-13-14-11(12)16-10/h8-9H,2-7H2,1H3,(H2,12,14).